The van der Waals surface area contributed by atoms with Crippen LogP contribution in [0.15, 0.2) is 18.2 Å². The highest BCUT2D eigenvalue weighted by molar-refractivity contribution is 6.32. The molecule has 4 heteroatoms. The second kappa shape index (κ2) is 6.21. The van der Waals surface area contributed by atoms with Crippen LogP contribution in [0, 0.1) is 0 Å². The maximum atomic E-state index is 6.03. The minimum Gasteiger partial charge on any atom is -0.487 e. The van der Waals surface area contributed by atoms with Gasteiger partial charge in [0, 0.05) is 13.0 Å². The van der Waals surface area contributed by atoms with Crippen LogP contribution < -0.4 is 4.74 Å². The molecule has 0 aliphatic rings. The highest BCUT2D eigenvalue weighted by atomic mass is 35.5. The largest absolute Gasteiger partial charge is 0.487 e. The van der Waals surface area contributed by atoms with E-state index in [0.29, 0.717) is 23.3 Å². The molecule has 1 unspecified atom stereocenters. The molecule has 2 nitrogen and oxygen atoms in total. The summed E-state index contributed by atoms with van der Waals surface area (Å²) in [5.74, 6) is 1.11. The number of hydrogen-bond acceptors (Lipinski definition) is 2. The Labute approximate surface area is 100 Å². The molecule has 84 valence electrons. The summed E-state index contributed by atoms with van der Waals surface area (Å²) < 4.78 is 10.6. The zero-order valence-electron chi connectivity index (χ0n) is 8.80. The third-order valence-corrected chi connectivity index (χ3v) is 2.48. The standard InChI is InChI=1S/C11H14Cl2O2/c1-8(7-14-2)15-11-4-3-9(6-12)5-10(11)13/h3-5,8H,6-7H2,1-2H3. The van der Waals surface area contributed by atoms with Gasteiger partial charge in [-0.15, -0.1) is 11.6 Å². The van der Waals surface area contributed by atoms with Crippen LogP contribution in [0.5, 0.6) is 5.75 Å². The molecule has 0 saturated carbocycles. The maximum absolute atomic E-state index is 6.03. The van der Waals surface area contributed by atoms with Crippen molar-refractivity contribution in [1.29, 1.82) is 0 Å². The van der Waals surface area contributed by atoms with Crippen LogP contribution in [0.2, 0.25) is 5.02 Å². The number of halogens is 2. The number of methoxy groups -OCH3 is 1. The normalized spacial score (nSPS) is 12.5. The lowest BCUT2D eigenvalue weighted by molar-refractivity contribution is 0.0921. The van der Waals surface area contributed by atoms with E-state index in [9.17, 15) is 0 Å². The molecule has 0 aliphatic heterocycles. The summed E-state index contributed by atoms with van der Waals surface area (Å²) in [6.45, 7) is 2.46. The van der Waals surface area contributed by atoms with Gasteiger partial charge in [0.2, 0.25) is 0 Å². The predicted octanol–water partition coefficient (Wildman–Crippen LogP) is 3.49. The monoisotopic (exact) mass is 248 g/mol. The van der Waals surface area contributed by atoms with E-state index >= 15 is 0 Å². The van der Waals surface area contributed by atoms with Gasteiger partial charge in [0.15, 0.2) is 0 Å². The quantitative estimate of drug-likeness (QED) is 0.743. The van der Waals surface area contributed by atoms with E-state index in [0.717, 1.165) is 5.56 Å². The van der Waals surface area contributed by atoms with Crippen molar-refractivity contribution in [3.63, 3.8) is 0 Å². The second-order valence-corrected chi connectivity index (χ2v) is 3.96. The molecule has 1 atom stereocenters. The molecule has 1 aromatic carbocycles. The Kier molecular flexibility index (Phi) is 5.23. The lowest BCUT2D eigenvalue weighted by atomic mass is 10.2. The molecule has 1 aromatic rings. The summed E-state index contributed by atoms with van der Waals surface area (Å²) in [6, 6.07) is 5.53. The Hall–Kier alpha value is -0.440. The number of benzene rings is 1. The average Bonchev–Trinajstić information content (AvgIpc) is 2.21. The number of rotatable bonds is 5. The molecule has 0 heterocycles. The van der Waals surface area contributed by atoms with E-state index < -0.39 is 0 Å². The first-order valence-corrected chi connectivity index (χ1v) is 5.58. The van der Waals surface area contributed by atoms with Crippen LogP contribution in [-0.4, -0.2) is 19.8 Å². The summed E-state index contributed by atoms with van der Waals surface area (Å²) in [5, 5.41) is 0.580. The molecule has 0 radical (unpaired) electrons. The third-order valence-electron chi connectivity index (χ3n) is 1.88. The lowest BCUT2D eigenvalue weighted by Crippen LogP contribution is -2.18. The van der Waals surface area contributed by atoms with Gasteiger partial charge in [-0.05, 0) is 24.6 Å². The molecule has 0 fully saturated rings. The van der Waals surface area contributed by atoms with Crippen molar-refractivity contribution in [3.05, 3.63) is 28.8 Å². The van der Waals surface area contributed by atoms with E-state index in [-0.39, 0.29) is 6.10 Å². The molecular formula is C11H14Cl2O2. The fraction of sp³-hybridized carbons (Fsp3) is 0.455. The van der Waals surface area contributed by atoms with Crippen molar-refractivity contribution in [2.24, 2.45) is 0 Å². The van der Waals surface area contributed by atoms with Gasteiger partial charge in [-0.25, -0.2) is 0 Å². The number of ether oxygens (including phenoxy) is 2. The number of alkyl halides is 1. The highest BCUT2D eigenvalue weighted by Gasteiger charge is 2.07. The van der Waals surface area contributed by atoms with Crippen molar-refractivity contribution in [1.82, 2.24) is 0 Å². The predicted molar refractivity (Wildman–Crippen MR) is 63.0 cm³/mol. The van der Waals surface area contributed by atoms with E-state index in [1.54, 1.807) is 7.11 Å². The molecule has 1 rings (SSSR count). The summed E-state index contributed by atoms with van der Waals surface area (Å²) in [4.78, 5) is 0. The molecule has 0 N–H and O–H groups in total. The van der Waals surface area contributed by atoms with Gasteiger partial charge in [-0.2, -0.15) is 0 Å². The summed E-state index contributed by atoms with van der Waals surface area (Å²) >= 11 is 11.7. The molecule has 0 aliphatic carbocycles. The van der Waals surface area contributed by atoms with Gasteiger partial charge in [0.25, 0.3) is 0 Å². The third kappa shape index (κ3) is 3.90. The fourth-order valence-corrected chi connectivity index (χ4v) is 1.62. The van der Waals surface area contributed by atoms with E-state index in [2.05, 4.69) is 0 Å². The zero-order valence-corrected chi connectivity index (χ0v) is 10.3. The first kappa shape index (κ1) is 12.6. The van der Waals surface area contributed by atoms with Crippen molar-refractivity contribution in [3.8, 4) is 5.75 Å². The first-order valence-electron chi connectivity index (χ1n) is 4.67. The number of hydrogen-bond donors (Lipinski definition) is 0. The highest BCUT2D eigenvalue weighted by Crippen LogP contribution is 2.26. The first-order chi connectivity index (χ1) is 7.17. The Morgan fingerprint density at radius 1 is 1.40 bits per heavy atom. The molecule has 0 aromatic heterocycles. The van der Waals surface area contributed by atoms with Crippen molar-refractivity contribution in [2.75, 3.05) is 13.7 Å². The van der Waals surface area contributed by atoms with E-state index in [1.165, 1.54) is 0 Å². The summed E-state index contributed by atoms with van der Waals surface area (Å²) in [6.07, 6.45) is -0.0191. The van der Waals surface area contributed by atoms with Gasteiger partial charge in [0.1, 0.15) is 11.9 Å². The van der Waals surface area contributed by atoms with Gasteiger partial charge < -0.3 is 9.47 Å². The van der Waals surface area contributed by atoms with E-state index in [4.69, 9.17) is 32.7 Å². The topological polar surface area (TPSA) is 18.5 Å². The molecule has 0 saturated heterocycles. The van der Waals surface area contributed by atoms with Crippen molar-refractivity contribution in [2.45, 2.75) is 18.9 Å². The van der Waals surface area contributed by atoms with Crippen LogP contribution >= 0.6 is 23.2 Å². The summed E-state index contributed by atoms with van der Waals surface area (Å²) in [5.41, 5.74) is 0.980. The molecule has 0 spiro atoms. The average molecular weight is 249 g/mol. The van der Waals surface area contributed by atoms with Crippen LogP contribution in [0.1, 0.15) is 12.5 Å². The van der Waals surface area contributed by atoms with Crippen LogP contribution in [-0.2, 0) is 10.6 Å². The lowest BCUT2D eigenvalue weighted by Gasteiger charge is -2.15. The van der Waals surface area contributed by atoms with Gasteiger partial charge in [-0.3, -0.25) is 0 Å². The smallest absolute Gasteiger partial charge is 0.138 e. The zero-order chi connectivity index (χ0) is 11.3. The fourth-order valence-electron chi connectivity index (χ4n) is 1.21. The Morgan fingerprint density at radius 3 is 2.67 bits per heavy atom. The van der Waals surface area contributed by atoms with Crippen LogP contribution in [0.3, 0.4) is 0 Å². The second-order valence-electron chi connectivity index (χ2n) is 3.28. The maximum Gasteiger partial charge on any atom is 0.138 e. The van der Waals surface area contributed by atoms with Crippen molar-refractivity contribution < 1.29 is 9.47 Å². The molecule has 15 heavy (non-hydrogen) atoms. The minimum atomic E-state index is -0.0191. The Morgan fingerprint density at radius 2 is 2.13 bits per heavy atom. The minimum absolute atomic E-state index is 0.0191. The van der Waals surface area contributed by atoms with Crippen LogP contribution in [0.4, 0.5) is 0 Å². The SMILES string of the molecule is COCC(C)Oc1ccc(CCl)cc1Cl. The molecule has 0 amide bonds. The van der Waals surface area contributed by atoms with Gasteiger partial charge in [-0.1, -0.05) is 17.7 Å². The van der Waals surface area contributed by atoms with Crippen molar-refractivity contribution >= 4 is 23.2 Å². The molecular weight excluding hydrogens is 235 g/mol. The summed E-state index contributed by atoms with van der Waals surface area (Å²) in [7, 11) is 1.64. The van der Waals surface area contributed by atoms with Crippen LogP contribution in [0.25, 0.3) is 0 Å². The Bertz CT molecular complexity index is 315. The van der Waals surface area contributed by atoms with Gasteiger partial charge >= 0.3 is 0 Å². The van der Waals surface area contributed by atoms with E-state index in [1.807, 2.05) is 25.1 Å². The Balaban J connectivity index is 2.69. The van der Waals surface area contributed by atoms with Gasteiger partial charge in [0.05, 0.1) is 11.6 Å². The molecule has 0 bridgehead atoms.